The summed E-state index contributed by atoms with van der Waals surface area (Å²) in [4.78, 5) is 0. The minimum Gasteiger partial charge on any atom is -0.493 e. The van der Waals surface area contributed by atoms with E-state index in [4.69, 9.17) is 9.47 Å². The average Bonchev–Trinajstić information content (AvgIpc) is 3.01. The molecule has 0 fully saturated rings. The van der Waals surface area contributed by atoms with E-state index in [1.165, 1.54) is 0 Å². The summed E-state index contributed by atoms with van der Waals surface area (Å²) in [6.45, 7) is 4.45. The molecule has 0 atom stereocenters. The van der Waals surface area contributed by atoms with Crippen LogP contribution in [0.15, 0.2) is 21.8 Å². The zero-order valence-corrected chi connectivity index (χ0v) is 17.2. The molecule has 1 heterocycles. The molecule has 2 rings (SSSR count). The summed E-state index contributed by atoms with van der Waals surface area (Å²) < 4.78 is 13.8. The van der Waals surface area contributed by atoms with Crippen LogP contribution in [0.1, 0.15) is 25.3 Å². The second kappa shape index (κ2) is 10.6. The second-order valence-corrected chi connectivity index (χ2v) is 7.34. The zero-order valence-electron chi connectivity index (χ0n) is 14.8. The highest BCUT2D eigenvalue weighted by Crippen LogP contribution is 2.36. The quantitative estimate of drug-likeness (QED) is 0.434. The van der Waals surface area contributed by atoms with Crippen molar-refractivity contribution in [1.29, 1.82) is 0 Å². The minimum absolute atomic E-state index is 0.672. The third kappa shape index (κ3) is 6.16. The van der Waals surface area contributed by atoms with Crippen LogP contribution < -0.4 is 14.8 Å². The second-order valence-electron chi connectivity index (χ2n) is 5.42. The molecule has 0 bridgehead atoms. The number of halogens is 1. The number of tetrazole rings is 1. The molecule has 0 radical (unpaired) electrons. The molecule has 0 unspecified atom stereocenters. The highest BCUT2D eigenvalue weighted by Gasteiger charge is 2.11. The average molecular weight is 430 g/mol. The van der Waals surface area contributed by atoms with Gasteiger partial charge in [-0.2, -0.15) is 0 Å². The Kier molecular flexibility index (Phi) is 8.50. The van der Waals surface area contributed by atoms with E-state index in [1.54, 1.807) is 23.6 Å². The topological polar surface area (TPSA) is 74.1 Å². The standard InChI is InChI=1S/C16H24BrN5O2S/c1-4-7-24-15-13(17)9-12(10-14(15)23-3)11-18-6-5-8-25-16-19-20-21-22(16)2/h9-10,18H,4-8,11H2,1-3H3. The van der Waals surface area contributed by atoms with Crippen LogP contribution in [0.25, 0.3) is 0 Å². The maximum Gasteiger partial charge on any atom is 0.209 e. The van der Waals surface area contributed by atoms with E-state index in [0.717, 1.165) is 58.4 Å². The van der Waals surface area contributed by atoms with Crippen molar-refractivity contribution < 1.29 is 9.47 Å². The van der Waals surface area contributed by atoms with Crippen LogP contribution in [0.4, 0.5) is 0 Å². The molecule has 0 spiro atoms. The lowest BCUT2D eigenvalue weighted by atomic mass is 10.2. The first kappa shape index (κ1) is 20.0. The van der Waals surface area contributed by atoms with Crippen molar-refractivity contribution in [1.82, 2.24) is 25.5 Å². The van der Waals surface area contributed by atoms with E-state index < -0.39 is 0 Å². The molecule has 1 aromatic carbocycles. The van der Waals surface area contributed by atoms with Crippen LogP contribution in [0.2, 0.25) is 0 Å². The van der Waals surface area contributed by atoms with Gasteiger partial charge in [0.05, 0.1) is 18.2 Å². The van der Waals surface area contributed by atoms with Gasteiger partial charge >= 0.3 is 0 Å². The Morgan fingerprint density at radius 2 is 2.20 bits per heavy atom. The summed E-state index contributed by atoms with van der Waals surface area (Å²) in [7, 11) is 3.51. The fourth-order valence-electron chi connectivity index (χ4n) is 2.16. The third-order valence-electron chi connectivity index (χ3n) is 3.38. The van der Waals surface area contributed by atoms with Gasteiger partial charge in [-0.15, -0.1) is 5.10 Å². The maximum absolute atomic E-state index is 5.75. The molecule has 2 aromatic rings. The first-order valence-electron chi connectivity index (χ1n) is 8.20. The van der Waals surface area contributed by atoms with E-state index in [-0.39, 0.29) is 0 Å². The number of ether oxygens (including phenoxy) is 2. The van der Waals surface area contributed by atoms with Gasteiger partial charge in [-0.05, 0) is 63.4 Å². The molecule has 0 aliphatic carbocycles. The van der Waals surface area contributed by atoms with E-state index in [1.807, 2.05) is 13.1 Å². The predicted molar refractivity (Wildman–Crippen MR) is 102 cm³/mol. The number of methoxy groups -OCH3 is 1. The number of aryl methyl sites for hydroxylation is 1. The van der Waals surface area contributed by atoms with Crippen molar-refractivity contribution in [2.45, 2.75) is 31.5 Å². The van der Waals surface area contributed by atoms with Gasteiger partial charge in [-0.3, -0.25) is 0 Å². The number of nitrogens with zero attached hydrogens (tertiary/aromatic N) is 4. The highest BCUT2D eigenvalue weighted by molar-refractivity contribution is 9.10. The molecular weight excluding hydrogens is 406 g/mol. The number of rotatable bonds is 11. The summed E-state index contributed by atoms with van der Waals surface area (Å²) in [6, 6.07) is 4.09. The normalized spacial score (nSPS) is 10.9. The first-order chi connectivity index (χ1) is 12.2. The molecule has 138 valence electrons. The summed E-state index contributed by atoms with van der Waals surface area (Å²) >= 11 is 5.24. The molecule has 25 heavy (non-hydrogen) atoms. The SMILES string of the molecule is CCCOc1c(Br)cc(CNCCCSc2nnnn2C)cc1OC. The lowest BCUT2D eigenvalue weighted by Crippen LogP contribution is -2.15. The van der Waals surface area contributed by atoms with Crippen molar-refractivity contribution in [2.75, 3.05) is 26.0 Å². The van der Waals surface area contributed by atoms with E-state index in [2.05, 4.69) is 49.8 Å². The van der Waals surface area contributed by atoms with Crippen molar-refractivity contribution in [3.63, 3.8) is 0 Å². The van der Waals surface area contributed by atoms with Gasteiger partial charge in [-0.1, -0.05) is 18.7 Å². The lowest BCUT2D eigenvalue weighted by Gasteiger charge is -2.14. The number of benzene rings is 1. The first-order valence-corrected chi connectivity index (χ1v) is 9.98. The number of aromatic nitrogens is 4. The van der Waals surface area contributed by atoms with Crippen LogP contribution in [0.3, 0.4) is 0 Å². The Morgan fingerprint density at radius 3 is 2.88 bits per heavy atom. The molecule has 7 nitrogen and oxygen atoms in total. The molecule has 0 amide bonds. The van der Waals surface area contributed by atoms with Gasteiger partial charge in [0.2, 0.25) is 5.16 Å². The van der Waals surface area contributed by atoms with E-state index in [9.17, 15) is 0 Å². The molecule has 0 saturated carbocycles. The van der Waals surface area contributed by atoms with Gasteiger partial charge in [0, 0.05) is 19.3 Å². The maximum atomic E-state index is 5.75. The Morgan fingerprint density at radius 1 is 1.36 bits per heavy atom. The Hall–Kier alpha value is -1.32. The fraction of sp³-hybridized carbons (Fsp3) is 0.562. The summed E-state index contributed by atoms with van der Waals surface area (Å²) in [6.07, 6.45) is 1.99. The molecule has 1 aromatic heterocycles. The monoisotopic (exact) mass is 429 g/mol. The smallest absolute Gasteiger partial charge is 0.209 e. The number of nitrogens with one attached hydrogen (secondary N) is 1. The largest absolute Gasteiger partial charge is 0.493 e. The summed E-state index contributed by atoms with van der Waals surface area (Å²) in [5.41, 5.74) is 1.15. The van der Waals surface area contributed by atoms with Crippen LogP contribution in [-0.2, 0) is 13.6 Å². The lowest BCUT2D eigenvalue weighted by molar-refractivity contribution is 0.292. The number of thioether (sulfide) groups is 1. The van der Waals surface area contributed by atoms with Crippen molar-refractivity contribution >= 4 is 27.7 Å². The Balaban J connectivity index is 1.76. The highest BCUT2D eigenvalue weighted by atomic mass is 79.9. The van der Waals surface area contributed by atoms with Crippen molar-refractivity contribution in [2.24, 2.45) is 7.05 Å². The fourth-order valence-corrected chi connectivity index (χ4v) is 3.55. The van der Waals surface area contributed by atoms with Gasteiger partial charge in [0.15, 0.2) is 11.5 Å². The van der Waals surface area contributed by atoms with Crippen LogP contribution in [0, 0.1) is 0 Å². The van der Waals surface area contributed by atoms with Crippen LogP contribution in [-0.4, -0.2) is 46.2 Å². The molecule has 1 N–H and O–H groups in total. The van der Waals surface area contributed by atoms with Crippen LogP contribution in [0.5, 0.6) is 11.5 Å². The molecular formula is C16H24BrN5O2S. The minimum atomic E-state index is 0.672. The molecule has 0 aliphatic rings. The molecule has 9 heteroatoms. The Bertz CT molecular complexity index is 668. The molecule has 0 aliphatic heterocycles. The summed E-state index contributed by atoms with van der Waals surface area (Å²) in [5, 5.41) is 15.7. The van der Waals surface area contributed by atoms with Crippen molar-refractivity contribution in [3.8, 4) is 11.5 Å². The van der Waals surface area contributed by atoms with Crippen molar-refractivity contribution in [3.05, 3.63) is 22.2 Å². The number of hydrogen-bond donors (Lipinski definition) is 1. The Labute approximate surface area is 161 Å². The summed E-state index contributed by atoms with van der Waals surface area (Å²) in [5.74, 6) is 2.49. The van der Waals surface area contributed by atoms with E-state index >= 15 is 0 Å². The third-order valence-corrected chi connectivity index (χ3v) is 5.07. The van der Waals surface area contributed by atoms with E-state index in [0.29, 0.717) is 6.61 Å². The number of hydrogen-bond acceptors (Lipinski definition) is 7. The van der Waals surface area contributed by atoms with Crippen LogP contribution >= 0.6 is 27.7 Å². The predicted octanol–water partition coefficient (Wildman–Crippen LogP) is 3.04. The molecule has 0 saturated heterocycles. The van der Waals surface area contributed by atoms with Gasteiger partial charge < -0.3 is 14.8 Å². The van der Waals surface area contributed by atoms with Gasteiger partial charge in [0.25, 0.3) is 0 Å². The van der Waals surface area contributed by atoms with Gasteiger partial charge in [-0.25, -0.2) is 4.68 Å². The van der Waals surface area contributed by atoms with Gasteiger partial charge in [0.1, 0.15) is 0 Å². The zero-order chi connectivity index (χ0) is 18.1.